The molecule has 0 aliphatic heterocycles. The Kier molecular flexibility index (Phi) is 6.41. The van der Waals surface area contributed by atoms with Crippen LogP contribution >= 0.6 is 11.6 Å². The van der Waals surface area contributed by atoms with Gasteiger partial charge in [0.05, 0.1) is 11.3 Å². The van der Waals surface area contributed by atoms with Gasteiger partial charge >= 0.3 is 0 Å². The second-order valence-electron chi connectivity index (χ2n) is 6.30. The van der Waals surface area contributed by atoms with Crippen molar-refractivity contribution < 1.29 is 17.9 Å². The minimum atomic E-state index is -3.35. The fourth-order valence-electron chi connectivity index (χ4n) is 2.60. The van der Waals surface area contributed by atoms with Crippen molar-refractivity contribution in [2.75, 3.05) is 22.9 Å². The smallest absolute Gasteiger partial charge is 0.262 e. The van der Waals surface area contributed by atoms with Crippen molar-refractivity contribution in [3.05, 3.63) is 77.8 Å². The molecule has 0 saturated carbocycles. The Morgan fingerprint density at radius 2 is 1.59 bits per heavy atom. The summed E-state index contributed by atoms with van der Waals surface area (Å²) in [5.41, 5.74) is 2.91. The molecule has 0 fully saturated rings. The fraction of sp³-hybridized carbons (Fsp3) is 0.0952. The first kappa shape index (κ1) is 20.7. The largest absolute Gasteiger partial charge is 0.482 e. The number of nitrogens with one attached hydrogen (secondary N) is 2. The topological polar surface area (TPSA) is 84.5 Å². The highest BCUT2D eigenvalue weighted by Crippen LogP contribution is 2.30. The van der Waals surface area contributed by atoms with Gasteiger partial charge in [-0.15, -0.1) is 0 Å². The van der Waals surface area contributed by atoms with Gasteiger partial charge in [-0.3, -0.25) is 9.52 Å². The number of carbonyl (C=O) groups is 1. The van der Waals surface area contributed by atoms with Crippen LogP contribution in [0.15, 0.2) is 72.8 Å². The Morgan fingerprint density at radius 3 is 2.21 bits per heavy atom. The Morgan fingerprint density at radius 1 is 0.931 bits per heavy atom. The van der Waals surface area contributed by atoms with Gasteiger partial charge in [0.2, 0.25) is 10.0 Å². The van der Waals surface area contributed by atoms with E-state index < -0.39 is 10.0 Å². The van der Waals surface area contributed by atoms with Crippen molar-refractivity contribution in [2.24, 2.45) is 0 Å². The fourth-order valence-corrected chi connectivity index (χ4v) is 3.40. The van der Waals surface area contributed by atoms with Crippen LogP contribution in [0.5, 0.6) is 5.75 Å². The molecule has 0 atom stereocenters. The summed E-state index contributed by atoms with van der Waals surface area (Å²) in [5, 5.41) is 3.09. The van der Waals surface area contributed by atoms with Gasteiger partial charge in [-0.05, 0) is 47.5 Å². The van der Waals surface area contributed by atoms with Crippen LogP contribution in [-0.2, 0) is 14.8 Å². The summed E-state index contributed by atoms with van der Waals surface area (Å²) in [6, 6.07) is 21.5. The molecule has 3 aromatic rings. The second-order valence-corrected chi connectivity index (χ2v) is 8.46. The number of ether oxygens (including phenoxy) is 1. The van der Waals surface area contributed by atoms with Crippen molar-refractivity contribution >= 4 is 38.9 Å². The van der Waals surface area contributed by atoms with Gasteiger partial charge in [0.25, 0.3) is 5.91 Å². The molecule has 2 N–H and O–H groups in total. The highest BCUT2D eigenvalue weighted by atomic mass is 35.5. The summed E-state index contributed by atoms with van der Waals surface area (Å²) in [4.78, 5) is 12.1. The number of sulfonamides is 1. The van der Waals surface area contributed by atoms with E-state index in [0.717, 1.165) is 17.4 Å². The highest BCUT2D eigenvalue weighted by molar-refractivity contribution is 7.92. The quantitative estimate of drug-likeness (QED) is 0.582. The van der Waals surface area contributed by atoms with Crippen LogP contribution in [-0.4, -0.2) is 27.2 Å². The van der Waals surface area contributed by atoms with Crippen molar-refractivity contribution in [2.45, 2.75) is 0 Å². The predicted octanol–water partition coefficient (Wildman–Crippen LogP) is 4.40. The van der Waals surface area contributed by atoms with Crippen LogP contribution in [0, 0.1) is 0 Å². The maximum Gasteiger partial charge on any atom is 0.262 e. The van der Waals surface area contributed by atoms with E-state index in [4.69, 9.17) is 16.3 Å². The lowest BCUT2D eigenvalue weighted by molar-refractivity contribution is -0.118. The van der Waals surface area contributed by atoms with Gasteiger partial charge in [0.15, 0.2) is 6.61 Å². The first-order valence-electron chi connectivity index (χ1n) is 8.66. The SMILES string of the molecule is CS(=O)(=O)Nc1ccc(NC(=O)COc2ccc(-c3ccccc3)cc2Cl)cc1. The molecular weight excluding hydrogens is 412 g/mol. The van der Waals surface area contributed by atoms with Gasteiger partial charge in [0.1, 0.15) is 5.75 Å². The lowest BCUT2D eigenvalue weighted by Crippen LogP contribution is -2.20. The number of halogens is 1. The molecule has 29 heavy (non-hydrogen) atoms. The van der Waals surface area contributed by atoms with Crippen LogP contribution in [0.1, 0.15) is 0 Å². The molecule has 0 unspecified atom stereocenters. The third-order valence-electron chi connectivity index (χ3n) is 3.87. The van der Waals surface area contributed by atoms with Crippen LogP contribution < -0.4 is 14.8 Å². The molecule has 1 amide bonds. The van der Waals surface area contributed by atoms with E-state index in [9.17, 15) is 13.2 Å². The summed E-state index contributed by atoms with van der Waals surface area (Å²) in [6.45, 7) is -0.215. The lowest BCUT2D eigenvalue weighted by Gasteiger charge is -2.11. The van der Waals surface area contributed by atoms with Gasteiger partial charge in [0, 0.05) is 11.4 Å². The standard InChI is InChI=1S/C21H19ClN2O4S/c1-29(26,27)24-18-10-8-17(9-11-18)23-21(25)14-28-20-12-7-16(13-19(20)22)15-5-3-2-4-6-15/h2-13,24H,14H2,1H3,(H,23,25). The zero-order chi connectivity index (χ0) is 20.9. The molecule has 0 bridgehead atoms. The summed E-state index contributed by atoms with van der Waals surface area (Å²) in [5.74, 6) is 0.0474. The monoisotopic (exact) mass is 430 g/mol. The first-order valence-corrected chi connectivity index (χ1v) is 10.9. The van der Waals surface area contributed by atoms with Crippen LogP contribution in [0.2, 0.25) is 5.02 Å². The normalized spacial score (nSPS) is 11.0. The minimum absolute atomic E-state index is 0.215. The molecule has 0 heterocycles. The molecule has 8 heteroatoms. The summed E-state index contributed by atoms with van der Waals surface area (Å²) in [7, 11) is -3.35. The third kappa shape index (κ3) is 6.23. The Bertz CT molecular complexity index is 1100. The maximum atomic E-state index is 12.1. The number of carbonyl (C=O) groups excluding carboxylic acids is 1. The minimum Gasteiger partial charge on any atom is -0.482 e. The third-order valence-corrected chi connectivity index (χ3v) is 4.77. The van der Waals surface area contributed by atoms with Crippen molar-refractivity contribution in [1.29, 1.82) is 0 Å². The van der Waals surface area contributed by atoms with Crippen molar-refractivity contribution in [1.82, 2.24) is 0 Å². The lowest BCUT2D eigenvalue weighted by atomic mass is 10.1. The number of anilines is 2. The van der Waals surface area contributed by atoms with E-state index in [0.29, 0.717) is 22.1 Å². The van der Waals surface area contributed by atoms with Crippen LogP contribution in [0.4, 0.5) is 11.4 Å². The Labute approximate surface area is 174 Å². The van der Waals surface area contributed by atoms with Gasteiger partial charge in [-0.2, -0.15) is 0 Å². The van der Waals surface area contributed by atoms with Gasteiger partial charge < -0.3 is 10.1 Å². The van der Waals surface area contributed by atoms with Crippen molar-refractivity contribution in [3.63, 3.8) is 0 Å². The average Bonchev–Trinajstić information content (AvgIpc) is 2.68. The molecule has 3 aromatic carbocycles. The number of benzene rings is 3. The maximum absolute atomic E-state index is 12.1. The molecule has 0 aliphatic carbocycles. The second kappa shape index (κ2) is 8.98. The molecular formula is C21H19ClN2O4S. The van der Waals surface area contributed by atoms with E-state index in [1.54, 1.807) is 36.4 Å². The van der Waals surface area contributed by atoms with E-state index in [-0.39, 0.29) is 12.5 Å². The Hall–Kier alpha value is -3.03. The van der Waals surface area contributed by atoms with Crippen molar-refractivity contribution in [3.8, 4) is 16.9 Å². The van der Waals surface area contributed by atoms with Crippen LogP contribution in [0.3, 0.4) is 0 Å². The zero-order valence-electron chi connectivity index (χ0n) is 15.6. The number of amides is 1. The molecule has 0 aliphatic rings. The molecule has 0 saturated heterocycles. The summed E-state index contributed by atoms with van der Waals surface area (Å²) < 4.78 is 30.3. The molecule has 0 aromatic heterocycles. The first-order chi connectivity index (χ1) is 13.8. The molecule has 0 radical (unpaired) electrons. The number of rotatable bonds is 7. The molecule has 150 valence electrons. The predicted molar refractivity (Wildman–Crippen MR) is 116 cm³/mol. The number of hydrogen-bond donors (Lipinski definition) is 2. The summed E-state index contributed by atoms with van der Waals surface area (Å²) >= 11 is 6.28. The molecule has 6 nitrogen and oxygen atoms in total. The summed E-state index contributed by atoms with van der Waals surface area (Å²) in [6.07, 6.45) is 1.07. The van der Waals surface area contributed by atoms with E-state index >= 15 is 0 Å². The zero-order valence-corrected chi connectivity index (χ0v) is 17.1. The molecule has 0 spiro atoms. The average molecular weight is 431 g/mol. The van der Waals surface area contributed by atoms with E-state index in [2.05, 4.69) is 10.0 Å². The van der Waals surface area contributed by atoms with E-state index in [1.165, 1.54) is 0 Å². The molecule has 3 rings (SSSR count). The van der Waals surface area contributed by atoms with Gasteiger partial charge in [-0.25, -0.2) is 8.42 Å². The highest BCUT2D eigenvalue weighted by Gasteiger charge is 2.09. The number of hydrogen-bond acceptors (Lipinski definition) is 4. The van der Waals surface area contributed by atoms with Gasteiger partial charge in [-0.1, -0.05) is 48.0 Å². The Balaban J connectivity index is 1.56. The van der Waals surface area contributed by atoms with E-state index in [1.807, 2.05) is 36.4 Å². The van der Waals surface area contributed by atoms with Crippen LogP contribution in [0.25, 0.3) is 11.1 Å².